The third-order valence-electron chi connectivity index (χ3n) is 6.84. The quantitative estimate of drug-likeness (QED) is 0.352. The fraction of sp³-hybridized carbons (Fsp3) is 0.321. The summed E-state index contributed by atoms with van der Waals surface area (Å²) in [5.74, 6) is 0.862. The van der Waals surface area contributed by atoms with Gasteiger partial charge in [-0.15, -0.1) is 0 Å². The van der Waals surface area contributed by atoms with Crippen LogP contribution in [0.2, 0.25) is 0 Å². The molecule has 5 rings (SSSR count). The molecule has 2 aromatic carbocycles. The fourth-order valence-electron chi connectivity index (χ4n) is 4.61. The highest BCUT2D eigenvalue weighted by Crippen LogP contribution is 2.35. The van der Waals surface area contributed by atoms with Crippen LogP contribution < -0.4 is 14.4 Å². The molecule has 4 aromatic rings. The lowest BCUT2D eigenvalue weighted by atomic mass is 10.0. The molecule has 0 saturated carbocycles. The summed E-state index contributed by atoms with van der Waals surface area (Å²) in [7, 11) is -0.175. The largest absolute Gasteiger partial charge is 0.438 e. The van der Waals surface area contributed by atoms with Crippen LogP contribution in [0.25, 0.3) is 11.3 Å². The van der Waals surface area contributed by atoms with Gasteiger partial charge in [-0.25, -0.2) is 18.1 Å². The third-order valence-corrected chi connectivity index (χ3v) is 8.12. The highest BCUT2D eigenvalue weighted by molar-refractivity contribution is 7.92. The van der Waals surface area contributed by atoms with Crippen molar-refractivity contribution >= 4 is 21.7 Å². The topological polar surface area (TPSA) is 105 Å². The van der Waals surface area contributed by atoms with Crippen LogP contribution in [0, 0.1) is 6.92 Å². The fourth-order valence-corrected chi connectivity index (χ4v) is 5.54. The van der Waals surface area contributed by atoms with E-state index in [4.69, 9.17) is 4.74 Å². The molecule has 204 valence electrons. The molecule has 1 N–H and O–H groups in total. The Kier molecular flexibility index (Phi) is 7.53. The number of nitrogens with one attached hydrogen (secondary N) is 1. The number of likely N-dealkylation sites (N-methyl/N-ethyl adjacent to an activating group) is 1. The van der Waals surface area contributed by atoms with Gasteiger partial charge in [-0.3, -0.25) is 4.68 Å². The first-order chi connectivity index (χ1) is 18.7. The van der Waals surface area contributed by atoms with Crippen LogP contribution in [-0.4, -0.2) is 66.3 Å². The number of sulfonamides is 1. The number of anilines is 2. The van der Waals surface area contributed by atoms with Crippen LogP contribution in [0.15, 0.2) is 65.8 Å². The molecule has 10 nitrogen and oxygen atoms in total. The number of hydrogen-bond donors (Lipinski definition) is 1. The van der Waals surface area contributed by atoms with Crippen molar-refractivity contribution in [2.24, 2.45) is 7.05 Å². The molecular weight excluding hydrogens is 514 g/mol. The van der Waals surface area contributed by atoms with E-state index in [1.165, 1.54) is 17.1 Å². The van der Waals surface area contributed by atoms with Gasteiger partial charge >= 0.3 is 0 Å². The Morgan fingerprint density at radius 3 is 2.46 bits per heavy atom. The molecular formula is C28H33N7O3S. The predicted octanol–water partition coefficient (Wildman–Crippen LogP) is 4.09. The van der Waals surface area contributed by atoms with E-state index >= 15 is 0 Å². The zero-order chi connectivity index (χ0) is 27.6. The van der Waals surface area contributed by atoms with E-state index in [0.29, 0.717) is 23.7 Å². The Labute approximate surface area is 229 Å². The molecule has 0 unspecified atom stereocenters. The number of aromatic nitrogens is 4. The molecule has 0 atom stereocenters. The summed E-state index contributed by atoms with van der Waals surface area (Å²) >= 11 is 0. The SMILES string of the molecule is CCc1c(Oc2cccc(N3CCN(C)CC3)c2)nc(NS(=O)(=O)c2cnn(C)c2)nc1-c1ccccc1C. The van der Waals surface area contributed by atoms with Crippen molar-refractivity contribution in [1.29, 1.82) is 0 Å². The van der Waals surface area contributed by atoms with Gasteiger partial charge in [-0.05, 0) is 38.1 Å². The molecule has 0 spiro atoms. The monoisotopic (exact) mass is 547 g/mol. The minimum Gasteiger partial charge on any atom is -0.438 e. The Morgan fingerprint density at radius 1 is 1.00 bits per heavy atom. The number of aryl methyl sites for hydroxylation is 2. The van der Waals surface area contributed by atoms with Gasteiger partial charge in [0.25, 0.3) is 10.0 Å². The summed E-state index contributed by atoms with van der Waals surface area (Å²) in [5.41, 5.74) is 4.38. The predicted molar refractivity (Wildman–Crippen MR) is 152 cm³/mol. The molecule has 3 heterocycles. The van der Waals surface area contributed by atoms with Crippen LogP contribution in [0.3, 0.4) is 0 Å². The lowest BCUT2D eigenvalue weighted by Gasteiger charge is -2.34. The van der Waals surface area contributed by atoms with Crippen molar-refractivity contribution in [2.75, 3.05) is 42.8 Å². The van der Waals surface area contributed by atoms with Crippen LogP contribution >= 0.6 is 0 Å². The Hall–Kier alpha value is -3.96. The molecule has 11 heteroatoms. The van der Waals surface area contributed by atoms with Gasteiger partial charge in [0, 0.05) is 62.3 Å². The molecule has 1 aliphatic heterocycles. The standard InChI is InChI=1S/C28H33N7O3S/c1-5-24-26(25-12-7-6-9-20(25)2)30-28(32-39(36,37)23-18-29-34(4)19-23)31-27(24)38-22-11-8-10-21(17-22)35-15-13-33(3)14-16-35/h6-12,17-19H,5,13-16H2,1-4H3,(H,30,31,32). The van der Waals surface area contributed by atoms with Gasteiger partial charge in [0.05, 0.1) is 11.9 Å². The molecule has 39 heavy (non-hydrogen) atoms. The highest BCUT2D eigenvalue weighted by Gasteiger charge is 2.23. The smallest absolute Gasteiger partial charge is 0.267 e. The van der Waals surface area contributed by atoms with Crippen molar-refractivity contribution < 1.29 is 13.2 Å². The van der Waals surface area contributed by atoms with Crippen molar-refractivity contribution in [1.82, 2.24) is 24.6 Å². The second-order valence-electron chi connectivity index (χ2n) is 9.69. The first kappa shape index (κ1) is 26.6. The zero-order valence-electron chi connectivity index (χ0n) is 22.6. The van der Waals surface area contributed by atoms with E-state index in [2.05, 4.69) is 42.7 Å². The van der Waals surface area contributed by atoms with Crippen molar-refractivity contribution in [3.8, 4) is 22.9 Å². The Morgan fingerprint density at radius 2 is 1.77 bits per heavy atom. The minimum absolute atomic E-state index is 0.0213. The lowest BCUT2D eigenvalue weighted by molar-refractivity contribution is 0.312. The molecule has 0 radical (unpaired) electrons. The molecule has 0 amide bonds. The second kappa shape index (κ2) is 11.0. The summed E-state index contributed by atoms with van der Waals surface area (Å²) in [5, 5.41) is 3.98. The van der Waals surface area contributed by atoms with Gasteiger partial charge in [0.1, 0.15) is 10.6 Å². The molecule has 1 aliphatic rings. The first-order valence-corrected chi connectivity index (χ1v) is 14.4. The number of benzene rings is 2. The first-order valence-electron chi connectivity index (χ1n) is 12.9. The van der Waals surface area contributed by atoms with E-state index in [9.17, 15) is 8.42 Å². The Balaban J connectivity index is 1.56. The number of ether oxygens (including phenoxy) is 1. The van der Waals surface area contributed by atoms with Crippen LogP contribution in [0.4, 0.5) is 11.6 Å². The van der Waals surface area contributed by atoms with Crippen molar-refractivity contribution in [2.45, 2.75) is 25.2 Å². The molecule has 1 fully saturated rings. The molecule has 0 bridgehead atoms. The summed E-state index contributed by atoms with van der Waals surface area (Å²) in [6.45, 7) is 7.87. The van der Waals surface area contributed by atoms with Gasteiger partial charge in [-0.2, -0.15) is 10.1 Å². The summed E-state index contributed by atoms with van der Waals surface area (Å²) in [4.78, 5) is 13.9. The summed E-state index contributed by atoms with van der Waals surface area (Å²) in [6.07, 6.45) is 3.30. The number of piperazine rings is 1. The van der Waals surface area contributed by atoms with Crippen LogP contribution in [-0.2, 0) is 23.5 Å². The normalized spacial score (nSPS) is 14.4. The van der Waals surface area contributed by atoms with Gasteiger partial charge in [-0.1, -0.05) is 37.3 Å². The zero-order valence-corrected chi connectivity index (χ0v) is 23.4. The molecule has 1 saturated heterocycles. The van der Waals surface area contributed by atoms with Crippen LogP contribution in [0.5, 0.6) is 11.6 Å². The van der Waals surface area contributed by atoms with E-state index in [-0.39, 0.29) is 10.8 Å². The van der Waals surface area contributed by atoms with E-state index in [0.717, 1.165) is 48.6 Å². The minimum atomic E-state index is -3.96. The third kappa shape index (κ3) is 5.89. The van der Waals surface area contributed by atoms with Gasteiger partial charge in [0.15, 0.2) is 0 Å². The van der Waals surface area contributed by atoms with Gasteiger partial charge in [0.2, 0.25) is 11.8 Å². The summed E-state index contributed by atoms with van der Waals surface area (Å²) in [6, 6.07) is 15.8. The highest BCUT2D eigenvalue weighted by atomic mass is 32.2. The number of nitrogens with zero attached hydrogens (tertiary/aromatic N) is 6. The maximum atomic E-state index is 13.1. The molecule has 2 aromatic heterocycles. The average Bonchev–Trinajstić information content (AvgIpc) is 3.36. The maximum absolute atomic E-state index is 13.1. The summed E-state index contributed by atoms with van der Waals surface area (Å²) < 4.78 is 36.5. The number of hydrogen-bond acceptors (Lipinski definition) is 8. The lowest BCUT2D eigenvalue weighted by Crippen LogP contribution is -2.44. The Bertz CT molecular complexity index is 1580. The van der Waals surface area contributed by atoms with E-state index in [1.807, 2.05) is 56.3 Å². The maximum Gasteiger partial charge on any atom is 0.267 e. The van der Waals surface area contributed by atoms with Crippen molar-refractivity contribution in [3.05, 3.63) is 72.1 Å². The average molecular weight is 548 g/mol. The number of rotatable bonds is 8. The van der Waals surface area contributed by atoms with Crippen molar-refractivity contribution in [3.63, 3.8) is 0 Å². The molecule has 0 aliphatic carbocycles. The van der Waals surface area contributed by atoms with E-state index < -0.39 is 10.0 Å². The van der Waals surface area contributed by atoms with Crippen LogP contribution in [0.1, 0.15) is 18.1 Å². The van der Waals surface area contributed by atoms with E-state index in [1.54, 1.807) is 7.05 Å². The second-order valence-corrected chi connectivity index (χ2v) is 11.4. The van der Waals surface area contributed by atoms with Gasteiger partial charge < -0.3 is 14.5 Å².